The molecular formula is C11H17NO3S. The quantitative estimate of drug-likeness (QED) is 0.588. The van der Waals surface area contributed by atoms with Gasteiger partial charge in [0.05, 0.1) is 5.75 Å². The largest absolute Gasteiger partial charge is 0.310 e. The highest BCUT2D eigenvalue weighted by atomic mass is 32.2. The van der Waals surface area contributed by atoms with Gasteiger partial charge < -0.3 is 5.32 Å². The Hall–Kier alpha value is -0.910. The molecule has 1 rings (SSSR count). The van der Waals surface area contributed by atoms with E-state index in [9.17, 15) is 8.42 Å². The maximum atomic E-state index is 10.5. The van der Waals surface area contributed by atoms with Gasteiger partial charge in [0.1, 0.15) is 0 Å². The van der Waals surface area contributed by atoms with Crippen LogP contribution in [-0.4, -0.2) is 25.3 Å². The van der Waals surface area contributed by atoms with Crippen LogP contribution in [0.2, 0.25) is 0 Å². The van der Waals surface area contributed by atoms with Crippen LogP contribution in [0.1, 0.15) is 24.9 Å². The minimum absolute atomic E-state index is 0.183. The summed E-state index contributed by atoms with van der Waals surface area (Å²) in [5, 5.41) is 3.20. The van der Waals surface area contributed by atoms with E-state index in [1.54, 1.807) is 0 Å². The summed E-state index contributed by atoms with van der Waals surface area (Å²) in [5.74, 6) is -0.193. The molecule has 0 aliphatic carbocycles. The average Bonchev–Trinajstić information content (AvgIpc) is 2.24. The fourth-order valence-electron chi connectivity index (χ4n) is 1.43. The van der Waals surface area contributed by atoms with Gasteiger partial charge in [-0.25, -0.2) is 0 Å². The van der Waals surface area contributed by atoms with Crippen LogP contribution >= 0.6 is 0 Å². The second-order valence-corrected chi connectivity index (χ2v) is 5.30. The van der Waals surface area contributed by atoms with Gasteiger partial charge in [-0.15, -0.1) is 0 Å². The molecule has 0 heterocycles. The van der Waals surface area contributed by atoms with Gasteiger partial charge in [0.25, 0.3) is 10.1 Å². The van der Waals surface area contributed by atoms with Crippen molar-refractivity contribution in [3.63, 3.8) is 0 Å². The van der Waals surface area contributed by atoms with Gasteiger partial charge in [0.2, 0.25) is 0 Å². The molecule has 16 heavy (non-hydrogen) atoms. The zero-order valence-electron chi connectivity index (χ0n) is 9.26. The van der Waals surface area contributed by atoms with Gasteiger partial charge in [-0.1, -0.05) is 30.3 Å². The minimum Gasteiger partial charge on any atom is -0.310 e. The fourth-order valence-corrected chi connectivity index (χ4v) is 1.94. The van der Waals surface area contributed by atoms with Crippen molar-refractivity contribution in [2.24, 2.45) is 0 Å². The Labute approximate surface area is 96.4 Å². The summed E-state index contributed by atoms with van der Waals surface area (Å²) in [6.45, 7) is 2.58. The number of hydrogen-bond donors (Lipinski definition) is 2. The van der Waals surface area contributed by atoms with Gasteiger partial charge in [0, 0.05) is 6.04 Å². The first kappa shape index (κ1) is 13.2. The zero-order valence-corrected chi connectivity index (χ0v) is 10.1. The molecule has 0 aromatic heterocycles. The lowest BCUT2D eigenvalue weighted by Gasteiger charge is -2.13. The van der Waals surface area contributed by atoms with E-state index in [1.807, 2.05) is 37.3 Å². The maximum absolute atomic E-state index is 10.5. The van der Waals surface area contributed by atoms with Crippen molar-refractivity contribution in [1.82, 2.24) is 5.32 Å². The third-order valence-corrected chi connectivity index (χ3v) is 3.13. The molecule has 0 aliphatic rings. The van der Waals surface area contributed by atoms with Crippen molar-refractivity contribution in [2.75, 3.05) is 12.3 Å². The van der Waals surface area contributed by atoms with Crippen molar-refractivity contribution in [3.05, 3.63) is 35.9 Å². The molecule has 90 valence electrons. The van der Waals surface area contributed by atoms with E-state index in [2.05, 4.69) is 5.32 Å². The van der Waals surface area contributed by atoms with Crippen molar-refractivity contribution < 1.29 is 13.0 Å². The predicted octanol–water partition coefficient (Wildman–Crippen LogP) is 1.62. The molecule has 4 nitrogen and oxygen atoms in total. The first-order valence-electron chi connectivity index (χ1n) is 5.22. The SMILES string of the molecule is CC(NCCCS(=O)(=O)O)c1ccccc1. The van der Waals surface area contributed by atoms with E-state index in [4.69, 9.17) is 4.55 Å². The van der Waals surface area contributed by atoms with Gasteiger partial charge in [-0.05, 0) is 25.5 Å². The normalized spacial score (nSPS) is 13.6. The Balaban J connectivity index is 2.29. The molecule has 1 unspecified atom stereocenters. The number of hydrogen-bond acceptors (Lipinski definition) is 3. The highest BCUT2D eigenvalue weighted by molar-refractivity contribution is 7.85. The van der Waals surface area contributed by atoms with E-state index < -0.39 is 10.1 Å². The Kier molecular flexibility index (Phi) is 4.92. The van der Waals surface area contributed by atoms with Crippen molar-refractivity contribution in [1.29, 1.82) is 0 Å². The van der Waals surface area contributed by atoms with Gasteiger partial charge >= 0.3 is 0 Å². The lowest BCUT2D eigenvalue weighted by molar-refractivity contribution is 0.477. The minimum atomic E-state index is -3.83. The van der Waals surface area contributed by atoms with E-state index >= 15 is 0 Å². The third-order valence-electron chi connectivity index (χ3n) is 2.33. The van der Waals surface area contributed by atoms with Crippen LogP contribution in [0.4, 0.5) is 0 Å². The second-order valence-electron chi connectivity index (χ2n) is 3.73. The van der Waals surface area contributed by atoms with E-state index in [-0.39, 0.29) is 11.8 Å². The highest BCUT2D eigenvalue weighted by Gasteiger charge is 2.06. The average molecular weight is 243 g/mol. The summed E-state index contributed by atoms with van der Waals surface area (Å²) in [5.41, 5.74) is 1.16. The smallest absolute Gasteiger partial charge is 0.264 e. The third kappa shape index (κ3) is 5.25. The topological polar surface area (TPSA) is 66.4 Å². The Bertz CT molecular complexity index is 402. The summed E-state index contributed by atoms with van der Waals surface area (Å²) in [4.78, 5) is 0. The Morgan fingerprint density at radius 3 is 2.50 bits per heavy atom. The molecule has 0 saturated heterocycles. The second kappa shape index (κ2) is 5.98. The molecule has 2 N–H and O–H groups in total. The summed E-state index contributed by atoms with van der Waals surface area (Å²) in [7, 11) is -3.83. The molecule has 1 aromatic rings. The lowest BCUT2D eigenvalue weighted by Crippen LogP contribution is -2.21. The first-order valence-corrected chi connectivity index (χ1v) is 6.83. The number of nitrogens with one attached hydrogen (secondary N) is 1. The van der Waals surface area contributed by atoms with Crippen LogP contribution in [0.25, 0.3) is 0 Å². The molecule has 0 fully saturated rings. The van der Waals surface area contributed by atoms with Crippen LogP contribution in [-0.2, 0) is 10.1 Å². The van der Waals surface area contributed by atoms with Crippen molar-refractivity contribution in [3.8, 4) is 0 Å². The van der Waals surface area contributed by atoms with Crippen LogP contribution < -0.4 is 5.32 Å². The van der Waals surface area contributed by atoms with E-state index in [1.165, 1.54) is 0 Å². The summed E-state index contributed by atoms with van der Waals surface area (Å²) in [6, 6.07) is 10.1. The molecule has 0 aliphatic heterocycles. The number of rotatable bonds is 6. The summed E-state index contributed by atoms with van der Waals surface area (Å²) < 4.78 is 29.5. The molecule has 5 heteroatoms. The molecular weight excluding hydrogens is 226 g/mol. The van der Waals surface area contributed by atoms with Gasteiger partial charge in [-0.3, -0.25) is 4.55 Å². The molecule has 0 saturated carbocycles. The lowest BCUT2D eigenvalue weighted by atomic mass is 10.1. The standard InChI is InChI=1S/C11H17NO3S/c1-10(11-6-3-2-4-7-11)12-8-5-9-16(13,14)15/h2-4,6-7,10,12H,5,8-9H2,1H3,(H,13,14,15). The summed E-state index contributed by atoms with van der Waals surface area (Å²) in [6.07, 6.45) is 0.413. The summed E-state index contributed by atoms with van der Waals surface area (Å²) >= 11 is 0. The van der Waals surface area contributed by atoms with Crippen LogP contribution in [0.15, 0.2) is 30.3 Å². The monoisotopic (exact) mass is 243 g/mol. The van der Waals surface area contributed by atoms with E-state index in [0.717, 1.165) is 5.56 Å². The maximum Gasteiger partial charge on any atom is 0.264 e. The number of benzene rings is 1. The van der Waals surface area contributed by atoms with Gasteiger partial charge in [-0.2, -0.15) is 8.42 Å². The van der Waals surface area contributed by atoms with E-state index in [0.29, 0.717) is 13.0 Å². The zero-order chi connectivity index (χ0) is 12.0. The Morgan fingerprint density at radius 1 is 1.31 bits per heavy atom. The highest BCUT2D eigenvalue weighted by Crippen LogP contribution is 2.10. The van der Waals surface area contributed by atoms with Crippen molar-refractivity contribution in [2.45, 2.75) is 19.4 Å². The van der Waals surface area contributed by atoms with Crippen LogP contribution in [0, 0.1) is 0 Å². The van der Waals surface area contributed by atoms with Crippen LogP contribution in [0.5, 0.6) is 0 Å². The predicted molar refractivity (Wildman–Crippen MR) is 63.9 cm³/mol. The van der Waals surface area contributed by atoms with Crippen molar-refractivity contribution >= 4 is 10.1 Å². The first-order chi connectivity index (χ1) is 7.49. The fraction of sp³-hybridized carbons (Fsp3) is 0.455. The van der Waals surface area contributed by atoms with Gasteiger partial charge in [0.15, 0.2) is 0 Å². The Morgan fingerprint density at radius 2 is 1.94 bits per heavy atom. The van der Waals surface area contributed by atoms with Crippen LogP contribution in [0.3, 0.4) is 0 Å². The molecule has 0 bridgehead atoms. The molecule has 1 aromatic carbocycles. The molecule has 0 radical (unpaired) electrons. The molecule has 0 amide bonds. The molecule has 0 spiro atoms. The molecule has 1 atom stereocenters.